The van der Waals surface area contributed by atoms with E-state index in [9.17, 15) is 9.90 Å². The maximum absolute atomic E-state index is 10.6. The van der Waals surface area contributed by atoms with E-state index in [2.05, 4.69) is 4.99 Å². The molecule has 0 heterocycles. The largest absolute Gasteiger partial charge is 1.00 e. The first-order valence-corrected chi connectivity index (χ1v) is 3.66. The molecule has 1 N–H and O–H groups in total. The number of nitrogens with zero attached hydrogens (tertiary/aromatic N) is 1. The van der Waals surface area contributed by atoms with Crippen LogP contribution >= 0.6 is 0 Å². The van der Waals surface area contributed by atoms with E-state index in [0.717, 1.165) is 0 Å². The van der Waals surface area contributed by atoms with Crippen molar-refractivity contribution >= 4 is 17.6 Å². The van der Waals surface area contributed by atoms with Crippen LogP contribution in [0, 0.1) is 0 Å². The molecule has 0 aromatic heterocycles. The molecule has 0 aliphatic rings. The number of hydrogen-bond acceptors (Lipinski definition) is 3. The van der Waals surface area contributed by atoms with Crippen molar-refractivity contribution in [1.82, 2.24) is 0 Å². The molecule has 0 spiro atoms. The molecule has 0 radical (unpaired) electrons. The van der Waals surface area contributed by atoms with Crippen LogP contribution in [0.5, 0.6) is 0 Å². The summed E-state index contributed by atoms with van der Waals surface area (Å²) in [6, 6.07) is 6.12. The van der Waals surface area contributed by atoms with Crippen LogP contribution in [0.2, 0.25) is 0 Å². The molecule has 0 bridgehead atoms. The summed E-state index contributed by atoms with van der Waals surface area (Å²) in [7, 11) is 0. The molecule has 0 amide bonds. The molecule has 4 nitrogen and oxygen atoms in total. The van der Waals surface area contributed by atoms with Gasteiger partial charge < -0.3 is 10.2 Å². The third kappa shape index (κ3) is 3.49. The van der Waals surface area contributed by atoms with E-state index in [1.165, 1.54) is 19.1 Å². The Hall–Kier alpha value is -0.840. The number of rotatable bonds is 2. The molecular formula is C9H8NNaO3. The topological polar surface area (TPSA) is 72.7 Å². The van der Waals surface area contributed by atoms with Crippen LogP contribution < -0.4 is 34.7 Å². The Labute approximate surface area is 104 Å². The molecule has 1 aromatic carbocycles. The van der Waals surface area contributed by atoms with Crippen LogP contribution in [0.3, 0.4) is 0 Å². The Morgan fingerprint density at radius 2 is 2.00 bits per heavy atom. The van der Waals surface area contributed by atoms with Gasteiger partial charge >= 0.3 is 35.5 Å². The maximum atomic E-state index is 10.6. The fourth-order valence-corrected chi connectivity index (χ4v) is 0.922. The fourth-order valence-electron chi connectivity index (χ4n) is 0.922. The maximum Gasteiger partial charge on any atom is 1.00 e. The molecular weight excluding hydrogens is 193 g/mol. The van der Waals surface area contributed by atoms with Crippen molar-refractivity contribution in [3.8, 4) is 0 Å². The van der Waals surface area contributed by atoms with Crippen LogP contribution in [0.4, 0.5) is 5.69 Å². The van der Waals surface area contributed by atoms with E-state index in [0.29, 0.717) is 0 Å². The minimum absolute atomic E-state index is 0. The molecule has 0 saturated heterocycles. The number of aromatic carboxylic acids is 1. The van der Waals surface area contributed by atoms with Crippen LogP contribution in [0.25, 0.3) is 0 Å². The smallest absolute Gasteiger partial charge is 0.862 e. The van der Waals surface area contributed by atoms with Gasteiger partial charge in [-0.05, 0) is 25.0 Å². The molecule has 0 atom stereocenters. The Bertz CT molecular complexity index is 359. The van der Waals surface area contributed by atoms with Gasteiger partial charge in [-0.15, -0.1) is 0 Å². The normalized spacial score (nSPS) is 10.5. The second-order valence-corrected chi connectivity index (χ2v) is 2.45. The molecule has 68 valence electrons. The van der Waals surface area contributed by atoms with Crippen LogP contribution in [0.1, 0.15) is 17.3 Å². The fraction of sp³-hybridized carbons (Fsp3) is 0.111. The zero-order chi connectivity index (χ0) is 9.84. The summed E-state index contributed by atoms with van der Waals surface area (Å²) < 4.78 is 0. The van der Waals surface area contributed by atoms with Gasteiger partial charge in [0.15, 0.2) is 0 Å². The van der Waals surface area contributed by atoms with Gasteiger partial charge in [0.25, 0.3) is 0 Å². The Morgan fingerprint density at radius 3 is 2.50 bits per heavy atom. The minimum Gasteiger partial charge on any atom is -0.862 e. The molecule has 14 heavy (non-hydrogen) atoms. The van der Waals surface area contributed by atoms with Crippen molar-refractivity contribution < 1.29 is 44.6 Å². The van der Waals surface area contributed by atoms with Crippen molar-refractivity contribution in [1.29, 1.82) is 0 Å². The first-order chi connectivity index (χ1) is 6.11. The predicted molar refractivity (Wildman–Crippen MR) is 46.2 cm³/mol. The average molecular weight is 201 g/mol. The summed E-state index contributed by atoms with van der Waals surface area (Å²) in [5.74, 6) is -1.49. The van der Waals surface area contributed by atoms with Gasteiger partial charge in [0.1, 0.15) is 0 Å². The number of para-hydroxylation sites is 1. The van der Waals surface area contributed by atoms with E-state index >= 15 is 0 Å². The minimum atomic E-state index is -1.08. The van der Waals surface area contributed by atoms with Crippen LogP contribution in [-0.4, -0.2) is 17.0 Å². The number of carbonyl (C=O) groups is 1. The summed E-state index contributed by atoms with van der Waals surface area (Å²) >= 11 is 0. The third-order valence-corrected chi connectivity index (χ3v) is 1.41. The van der Waals surface area contributed by atoms with E-state index in [-0.39, 0.29) is 40.8 Å². The standard InChI is InChI=1S/C9H9NO3.Na/c1-6(11)10-8-5-3-2-4-7(8)9(12)13;/h2-5H,1H3,(H,10,11)(H,12,13);/q;+1/p-1. The molecule has 5 heteroatoms. The summed E-state index contributed by atoms with van der Waals surface area (Å²) in [5.41, 5.74) is 0.236. The number of benzene rings is 1. The van der Waals surface area contributed by atoms with Gasteiger partial charge in [0.2, 0.25) is 0 Å². The second-order valence-electron chi connectivity index (χ2n) is 2.45. The zero-order valence-corrected chi connectivity index (χ0v) is 10.0. The summed E-state index contributed by atoms with van der Waals surface area (Å²) in [6.45, 7) is 1.28. The molecule has 0 unspecified atom stereocenters. The number of aliphatic imine (C=N–C) groups is 1. The molecule has 0 fully saturated rings. The molecule has 0 saturated carbocycles. The Balaban J connectivity index is 0.00000169. The Kier molecular flexibility index (Phi) is 5.45. The van der Waals surface area contributed by atoms with Gasteiger partial charge in [0, 0.05) is 0 Å². The average Bonchev–Trinajstić information content (AvgIpc) is 2.03. The van der Waals surface area contributed by atoms with Gasteiger partial charge in [-0.2, -0.15) is 0 Å². The van der Waals surface area contributed by atoms with E-state index in [4.69, 9.17) is 5.11 Å². The zero-order valence-electron chi connectivity index (χ0n) is 8.02. The van der Waals surface area contributed by atoms with E-state index in [1.54, 1.807) is 12.1 Å². The first kappa shape index (κ1) is 13.2. The quantitative estimate of drug-likeness (QED) is 0.335. The first-order valence-electron chi connectivity index (χ1n) is 3.66. The Morgan fingerprint density at radius 1 is 1.43 bits per heavy atom. The van der Waals surface area contributed by atoms with E-state index in [1.807, 2.05) is 0 Å². The van der Waals surface area contributed by atoms with Gasteiger partial charge in [0.05, 0.1) is 11.3 Å². The van der Waals surface area contributed by atoms with Crippen molar-refractivity contribution in [3.05, 3.63) is 29.8 Å². The second kappa shape index (κ2) is 5.80. The van der Waals surface area contributed by atoms with Crippen molar-refractivity contribution in [2.45, 2.75) is 6.92 Å². The number of hydrogen-bond donors (Lipinski definition) is 1. The van der Waals surface area contributed by atoms with Gasteiger partial charge in [-0.1, -0.05) is 12.1 Å². The van der Waals surface area contributed by atoms with Crippen LogP contribution in [-0.2, 0) is 0 Å². The molecule has 0 aliphatic carbocycles. The van der Waals surface area contributed by atoms with Gasteiger partial charge in [-0.3, -0.25) is 4.99 Å². The predicted octanol–water partition coefficient (Wildman–Crippen LogP) is -2.20. The monoisotopic (exact) mass is 201 g/mol. The number of carboxylic acids is 1. The number of carboxylic acid groups (broad SMARTS) is 1. The molecule has 1 aromatic rings. The third-order valence-electron chi connectivity index (χ3n) is 1.41. The van der Waals surface area contributed by atoms with Crippen molar-refractivity contribution in [3.63, 3.8) is 0 Å². The van der Waals surface area contributed by atoms with Crippen molar-refractivity contribution in [2.75, 3.05) is 0 Å². The molecule has 0 aliphatic heterocycles. The SMILES string of the molecule is CC([O-])=Nc1ccccc1C(=O)O.[Na+]. The molecule has 1 rings (SSSR count). The van der Waals surface area contributed by atoms with Crippen LogP contribution in [0.15, 0.2) is 29.3 Å². The summed E-state index contributed by atoms with van der Waals surface area (Å²) in [6.07, 6.45) is 0. The van der Waals surface area contributed by atoms with E-state index < -0.39 is 11.9 Å². The van der Waals surface area contributed by atoms with Gasteiger partial charge in [-0.25, -0.2) is 4.79 Å². The summed E-state index contributed by atoms with van der Waals surface area (Å²) in [4.78, 5) is 14.2. The summed E-state index contributed by atoms with van der Waals surface area (Å²) in [5, 5.41) is 19.3. The van der Waals surface area contributed by atoms with Crippen molar-refractivity contribution in [2.24, 2.45) is 4.99 Å².